The van der Waals surface area contributed by atoms with Crippen molar-refractivity contribution in [1.29, 1.82) is 0 Å². The lowest BCUT2D eigenvalue weighted by Crippen LogP contribution is -2.44. The molecule has 0 saturated heterocycles. The standard InChI is InChI=1S/C17H27FN4O2.HI/c1-12(2)16(23)20-9-10-21-17(19-4)22-11-13(3)24-15-7-5-14(18)6-8-15;/h5-8,12-13H,9-11H2,1-4H3,(H,20,23)(H2,19,21,22);1H. The molecular formula is C17H28FIN4O2. The van der Waals surface area contributed by atoms with Gasteiger partial charge in [-0.3, -0.25) is 9.79 Å². The monoisotopic (exact) mass is 466 g/mol. The molecule has 1 rings (SSSR count). The molecule has 0 fully saturated rings. The number of carbonyl (C=O) groups is 1. The molecule has 0 aromatic heterocycles. The van der Waals surface area contributed by atoms with Crippen LogP contribution in [0.15, 0.2) is 29.3 Å². The maximum atomic E-state index is 12.8. The Kier molecular flexibility index (Phi) is 11.9. The largest absolute Gasteiger partial charge is 0.489 e. The fourth-order valence-electron chi connectivity index (χ4n) is 1.82. The Morgan fingerprint density at radius 2 is 1.72 bits per heavy atom. The lowest BCUT2D eigenvalue weighted by atomic mass is 10.2. The van der Waals surface area contributed by atoms with Crippen LogP contribution in [0.5, 0.6) is 5.75 Å². The minimum absolute atomic E-state index is 0. The second kappa shape index (κ2) is 12.7. The third kappa shape index (κ3) is 10.1. The second-order valence-electron chi connectivity index (χ2n) is 5.71. The van der Waals surface area contributed by atoms with Gasteiger partial charge in [-0.05, 0) is 31.2 Å². The summed E-state index contributed by atoms with van der Waals surface area (Å²) in [6, 6.07) is 5.91. The van der Waals surface area contributed by atoms with Crippen molar-refractivity contribution in [2.24, 2.45) is 10.9 Å². The van der Waals surface area contributed by atoms with E-state index in [1.54, 1.807) is 19.2 Å². The summed E-state index contributed by atoms with van der Waals surface area (Å²) in [4.78, 5) is 15.5. The summed E-state index contributed by atoms with van der Waals surface area (Å²) >= 11 is 0. The quantitative estimate of drug-likeness (QED) is 0.238. The molecule has 0 aliphatic heterocycles. The highest BCUT2D eigenvalue weighted by molar-refractivity contribution is 14.0. The molecule has 142 valence electrons. The number of ether oxygens (including phenoxy) is 1. The van der Waals surface area contributed by atoms with E-state index in [1.165, 1.54) is 12.1 Å². The van der Waals surface area contributed by atoms with E-state index in [4.69, 9.17) is 4.74 Å². The van der Waals surface area contributed by atoms with Crippen LogP contribution in [-0.4, -0.2) is 44.7 Å². The number of aliphatic imine (C=N–C) groups is 1. The first-order valence-corrected chi connectivity index (χ1v) is 8.06. The van der Waals surface area contributed by atoms with E-state index in [0.717, 1.165) is 0 Å². The number of halogens is 2. The van der Waals surface area contributed by atoms with Gasteiger partial charge >= 0.3 is 0 Å². The van der Waals surface area contributed by atoms with Crippen LogP contribution in [0.4, 0.5) is 4.39 Å². The number of carbonyl (C=O) groups excluding carboxylic acids is 1. The van der Waals surface area contributed by atoms with E-state index in [0.29, 0.717) is 31.3 Å². The number of amides is 1. The predicted molar refractivity (Wildman–Crippen MR) is 109 cm³/mol. The molecule has 1 aromatic rings. The summed E-state index contributed by atoms with van der Waals surface area (Å²) < 4.78 is 18.5. The van der Waals surface area contributed by atoms with Crippen molar-refractivity contribution in [3.05, 3.63) is 30.1 Å². The van der Waals surface area contributed by atoms with Crippen LogP contribution in [0.3, 0.4) is 0 Å². The van der Waals surface area contributed by atoms with Gasteiger partial charge in [0.1, 0.15) is 17.7 Å². The van der Waals surface area contributed by atoms with Crippen molar-refractivity contribution in [2.75, 3.05) is 26.7 Å². The highest BCUT2D eigenvalue weighted by Crippen LogP contribution is 2.12. The zero-order chi connectivity index (χ0) is 17.9. The van der Waals surface area contributed by atoms with Crippen LogP contribution in [0, 0.1) is 11.7 Å². The van der Waals surface area contributed by atoms with Crippen LogP contribution >= 0.6 is 24.0 Å². The second-order valence-corrected chi connectivity index (χ2v) is 5.71. The SMILES string of the molecule is CN=C(NCCNC(=O)C(C)C)NCC(C)Oc1ccc(F)cc1.I. The molecule has 0 bridgehead atoms. The first-order chi connectivity index (χ1) is 11.4. The first kappa shape index (κ1) is 23.4. The third-order valence-corrected chi connectivity index (χ3v) is 3.17. The molecule has 0 heterocycles. The number of benzene rings is 1. The van der Waals surface area contributed by atoms with Crippen molar-refractivity contribution >= 4 is 35.8 Å². The van der Waals surface area contributed by atoms with Gasteiger partial charge in [0.15, 0.2) is 5.96 Å². The van der Waals surface area contributed by atoms with E-state index in [9.17, 15) is 9.18 Å². The van der Waals surface area contributed by atoms with Crippen LogP contribution in [-0.2, 0) is 4.79 Å². The molecule has 1 atom stereocenters. The average Bonchev–Trinajstić information content (AvgIpc) is 2.56. The van der Waals surface area contributed by atoms with Gasteiger partial charge in [0.25, 0.3) is 0 Å². The van der Waals surface area contributed by atoms with Gasteiger partial charge in [0.2, 0.25) is 5.91 Å². The van der Waals surface area contributed by atoms with E-state index in [1.807, 2.05) is 20.8 Å². The third-order valence-electron chi connectivity index (χ3n) is 3.17. The molecule has 0 aliphatic rings. The minimum Gasteiger partial charge on any atom is -0.489 e. The molecule has 1 amide bonds. The van der Waals surface area contributed by atoms with E-state index < -0.39 is 0 Å². The lowest BCUT2D eigenvalue weighted by Gasteiger charge is -2.18. The van der Waals surface area contributed by atoms with Gasteiger partial charge in [-0.25, -0.2) is 4.39 Å². The van der Waals surface area contributed by atoms with Crippen LogP contribution in [0.25, 0.3) is 0 Å². The van der Waals surface area contributed by atoms with Crippen LogP contribution in [0.2, 0.25) is 0 Å². The molecule has 6 nitrogen and oxygen atoms in total. The molecule has 0 saturated carbocycles. The molecule has 0 aliphatic carbocycles. The molecule has 25 heavy (non-hydrogen) atoms. The topological polar surface area (TPSA) is 74.8 Å². The zero-order valence-electron chi connectivity index (χ0n) is 15.1. The van der Waals surface area contributed by atoms with Crippen LogP contribution < -0.4 is 20.7 Å². The molecule has 3 N–H and O–H groups in total. The summed E-state index contributed by atoms with van der Waals surface area (Å²) in [6.07, 6.45) is -0.116. The number of rotatable bonds is 8. The van der Waals surface area contributed by atoms with E-state index >= 15 is 0 Å². The van der Waals surface area contributed by atoms with Crippen molar-refractivity contribution in [3.8, 4) is 5.75 Å². The molecule has 1 aromatic carbocycles. The van der Waals surface area contributed by atoms with Gasteiger partial charge in [-0.2, -0.15) is 0 Å². The van der Waals surface area contributed by atoms with Crippen molar-refractivity contribution in [2.45, 2.75) is 26.9 Å². The number of hydrogen-bond donors (Lipinski definition) is 3. The molecular weight excluding hydrogens is 438 g/mol. The fourth-order valence-corrected chi connectivity index (χ4v) is 1.82. The number of guanidine groups is 1. The molecule has 1 unspecified atom stereocenters. The maximum absolute atomic E-state index is 12.8. The summed E-state index contributed by atoms with van der Waals surface area (Å²) in [5.74, 6) is 0.962. The van der Waals surface area contributed by atoms with Gasteiger partial charge in [-0.15, -0.1) is 24.0 Å². The van der Waals surface area contributed by atoms with Crippen LogP contribution in [0.1, 0.15) is 20.8 Å². The van der Waals surface area contributed by atoms with Crippen molar-refractivity contribution < 1.29 is 13.9 Å². The normalized spacial score (nSPS) is 12.2. The summed E-state index contributed by atoms with van der Waals surface area (Å²) in [5, 5.41) is 9.07. The summed E-state index contributed by atoms with van der Waals surface area (Å²) in [6.45, 7) is 7.25. The zero-order valence-corrected chi connectivity index (χ0v) is 17.5. The van der Waals surface area contributed by atoms with Crippen molar-refractivity contribution in [1.82, 2.24) is 16.0 Å². The molecule has 8 heteroatoms. The number of nitrogens with one attached hydrogen (secondary N) is 3. The van der Waals surface area contributed by atoms with Gasteiger partial charge in [0, 0.05) is 26.1 Å². The first-order valence-electron chi connectivity index (χ1n) is 8.06. The van der Waals surface area contributed by atoms with Gasteiger partial charge in [-0.1, -0.05) is 13.8 Å². The minimum atomic E-state index is -0.290. The summed E-state index contributed by atoms with van der Waals surface area (Å²) in [7, 11) is 1.67. The Bertz CT molecular complexity index is 538. The Hall–Kier alpha value is -1.58. The van der Waals surface area contributed by atoms with Crippen molar-refractivity contribution in [3.63, 3.8) is 0 Å². The summed E-state index contributed by atoms with van der Waals surface area (Å²) in [5.41, 5.74) is 0. The highest BCUT2D eigenvalue weighted by Gasteiger charge is 2.07. The Morgan fingerprint density at radius 3 is 2.28 bits per heavy atom. The van der Waals surface area contributed by atoms with Gasteiger partial charge < -0.3 is 20.7 Å². The molecule has 0 radical (unpaired) electrons. The Balaban J connectivity index is 0.00000576. The molecule has 0 spiro atoms. The predicted octanol–water partition coefficient (Wildman–Crippen LogP) is 2.15. The average molecular weight is 466 g/mol. The van der Waals surface area contributed by atoms with E-state index in [2.05, 4.69) is 20.9 Å². The Labute approximate surface area is 166 Å². The highest BCUT2D eigenvalue weighted by atomic mass is 127. The van der Waals surface area contributed by atoms with Gasteiger partial charge in [0.05, 0.1) is 6.54 Å². The fraction of sp³-hybridized carbons (Fsp3) is 0.529. The number of nitrogens with zero attached hydrogens (tertiary/aromatic N) is 1. The lowest BCUT2D eigenvalue weighted by molar-refractivity contribution is -0.123. The number of hydrogen-bond acceptors (Lipinski definition) is 3. The smallest absolute Gasteiger partial charge is 0.222 e. The van der Waals surface area contributed by atoms with E-state index in [-0.39, 0.29) is 47.7 Å². The Morgan fingerprint density at radius 1 is 1.12 bits per heavy atom. The maximum Gasteiger partial charge on any atom is 0.222 e.